The van der Waals surface area contributed by atoms with Crippen LogP contribution in [0.3, 0.4) is 0 Å². The number of hydrogen-bond donors (Lipinski definition) is 1. The Morgan fingerprint density at radius 2 is 2.41 bits per heavy atom. The first-order valence-electron chi connectivity index (χ1n) is 10.1. The zero-order chi connectivity index (χ0) is 19.5. The molecule has 116 valence electrons. The van der Waals surface area contributed by atoms with Crippen LogP contribution in [0.15, 0.2) is 24.2 Å². The zero-order valence-electron chi connectivity index (χ0n) is 17.5. The Labute approximate surface area is 137 Å². The van der Waals surface area contributed by atoms with Crippen molar-refractivity contribution >= 4 is 0 Å². The standard InChI is InChI=1S/C18H21NO3/c1-19-8-7-18-11-4-5-13(20)17(18)22-16-14(21-2)6-3-10(15(16)18)9-12(11)19/h3-6,11-13,17,20H,7-9H2,1-2H3/t11-,12+,13?,17?,18-/m0/s1/i3D,6D,9D2,17D. The number of ether oxygens (including phenoxy) is 2. The maximum atomic E-state index is 10.7. The Kier molecular flexibility index (Phi) is 1.65. The minimum Gasteiger partial charge on any atom is -0.493 e. The lowest BCUT2D eigenvalue weighted by Crippen LogP contribution is -2.64. The highest BCUT2D eigenvalue weighted by Gasteiger charge is 2.64. The zero-order valence-corrected chi connectivity index (χ0v) is 12.5. The van der Waals surface area contributed by atoms with Crippen LogP contribution in [0.4, 0.5) is 0 Å². The largest absolute Gasteiger partial charge is 0.493 e. The highest BCUT2D eigenvalue weighted by molar-refractivity contribution is 5.62. The molecule has 22 heavy (non-hydrogen) atoms. The fourth-order valence-corrected chi connectivity index (χ4v) is 4.60. The number of benzene rings is 1. The van der Waals surface area contributed by atoms with Gasteiger partial charge in [0.05, 0.1) is 11.2 Å². The monoisotopic (exact) mass is 304 g/mol. The fourth-order valence-electron chi connectivity index (χ4n) is 4.60. The van der Waals surface area contributed by atoms with Gasteiger partial charge < -0.3 is 19.5 Å². The van der Waals surface area contributed by atoms with Crippen LogP contribution in [-0.4, -0.2) is 48.9 Å². The second kappa shape index (κ2) is 4.06. The minimum absolute atomic E-state index is 0.0354. The summed E-state index contributed by atoms with van der Waals surface area (Å²) in [4.78, 5) is 1.92. The van der Waals surface area contributed by atoms with Gasteiger partial charge in [0, 0.05) is 25.7 Å². The molecule has 4 aliphatic rings. The summed E-state index contributed by atoms with van der Waals surface area (Å²) in [5, 5.41) is 10.7. The Morgan fingerprint density at radius 1 is 1.55 bits per heavy atom. The van der Waals surface area contributed by atoms with Crippen LogP contribution in [0.25, 0.3) is 0 Å². The molecule has 1 saturated heterocycles. The Hall–Kier alpha value is -1.52. The molecule has 1 aromatic rings. The lowest BCUT2D eigenvalue weighted by atomic mass is 9.53. The average Bonchev–Trinajstić information content (AvgIpc) is 2.86. The molecule has 2 aliphatic heterocycles. The van der Waals surface area contributed by atoms with Crippen molar-refractivity contribution in [1.82, 2.24) is 4.90 Å². The highest BCUT2D eigenvalue weighted by Crippen LogP contribution is 2.62. The Balaban J connectivity index is 1.98. The molecule has 2 bridgehead atoms. The van der Waals surface area contributed by atoms with E-state index in [1.54, 1.807) is 0 Å². The summed E-state index contributed by atoms with van der Waals surface area (Å²) in [6.07, 6.45) is -1.03. The van der Waals surface area contributed by atoms with Crippen molar-refractivity contribution in [2.24, 2.45) is 5.92 Å². The second-order valence-corrected chi connectivity index (χ2v) is 6.48. The Morgan fingerprint density at radius 3 is 3.23 bits per heavy atom. The van der Waals surface area contributed by atoms with Crippen LogP contribution >= 0.6 is 0 Å². The van der Waals surface area contributed by atoms with E-state index >= 15 is 0 Å². The minimum atomic E-state index is -1.91. The summed E-state index contributed by atoms with van der Waals surface area (Å²) >= 11 is 0. The van der Waals surface area contributed by atoms with Crippen molar-refractivity contribution < 1.29 is 21.4 Å². The molecule has 5 atom stereocenters. The molecule has 1 fully saturated rings. The predicted octanol–water partition coefficient (Wildman–Crippen LogP) is 1.50. The van der Waals surface area contributed by atoms with E-state index in [2.05, 4.69) is 0 Å². The third-order valence-electron chi connectivity index (χ3n) is 5.59. The molecule has 0 aromatic heterocycles. The quantitative estimate of drug-likeness (QED) is 0.799. The number of likely N-dealkylation sites (N-methyl/N-ethyl adjacent to an activating group) is 1. The van der Waals surface area contributed by atoms with E-state index in [9.17, 15) is 5.11 Å². The molecule has 0 amide bonds. The van der Waals surface area contributed by atoms with Gasteiger partial charge in [-0.05, 0) is 38.0 Å². The summed E-state index contributed by atoms with van der Waals surface area (Å²) in [5.41, 5.74) is -0.434. The van der Waals surface area contributed by atoms with Gasteiger partial charge in [-0.3, -0.25) is 0 Å². The molecule has 4 heteroatoms. The fraction of sp³-hybridized carbons (Fsp3) is 0.556. The van der Waals surface area contributed by atoms with E-state index in [-0.39, 0.29) is 35.1 Å². The summed E-state index contributed by atoms with van der Waals surface area (Å²) in [5.74, 6) is -0.210. The third-order valence-corrected chi connectivity index (χ3v) is 5.59. The first kappa shape index (κ1) is 8.94. The number of aliphatic hydroxyl groups is 1. The van der Waals surface area contributed by atoms with Crippen LogP contribution in [0, 0.1) is 5.92 Å². The maximum Gasteiger partial charge on any atom is 0.165 e. The summed E-state index contributed by atoms with van der Waals surface area (Å²) in [6.45, 7) is 0.544. The third kappa shape index (κ3) is 1.28. The second-order valence-electron chi connectivity index (χ2n) is 6.48. The average molecular weight is 304 g/mol. The van der Waals surface area contributed by atoms with Crippen LogP contribution < -0.4 is 9.47 Å². The molecule has 1 aromatic carbocycles. The van der Waals surface area contributed by atoms with E-state index in [1.165, 1.54) is 13.2 Å². The molecule has 0 saturated carbocycles. The van der Waals surface area contributed by atoms with Gasteiger partial charge in [-0.1, -0.05) is 18.2 Å². The molecular weight excluding hydrogens is 278 g/mol. The van der Waals surface area contributed by atoms with Crippen molar-refractivity contribution in [3.63, 3.8) is 0 Å². The van der Waals surface area contributed by atoms with E-state index in [0.717, 1.165) is 0 Å². The molecule has 2 aliphatic carbocycles. The van der Waals surface area contributed by atoms with Crippen molar-refractivity contribution in [2.45, 2.75) is 36.4 Å². The number of aliphatic hydroxyl groups excluding tert-OH is 1. The van der Waals surface area contributed by atoms with Crippen LogP contribution in [-0.2, 0) is 11.8 Å². The molecule has 5 rings (SSSR count). The topological polar surface area (TPSA) is 41.9 Å². The number of piperidine rings is 1. The van der Waals surface area contributed by atoms with E-state index in [1.807, 2.05) is 18.0 Å². The smallest absolute Gasteiger partial charge is 0.165 e. The predicted molar refractivity (Wildman–Crippen MR) is 82.5 cm³/mol. The summed E-state index contributed by atoms with van der Waals surface area (Å²) in [7, 11) is 3.22. The van der Waals surface area contributed by atoms with Crippen LogP contribution in [0.1, 0.15) is 24.4 Å². The normalized spacial score (nSPS) is 50.0. The van der Waals surface area contributed by atoms with Gasteiger partial charge in [0.25, 0.3) is 0 Å². The molecule has 0 radical (unpaired) electrons. The molecule has 4 nitrogen and oxygen atoms in total. The first-order chi connectivity index (χ1) is 12.6. The van der Waals surface area contributed by atoms with Crippen molar-refractivity contribution in [1.29, 1.82) is 0 Å². The first-order valence-corrected chi connectivity index (χ1v) is 7.60. The summed E-state index contributed by atoms with van der Waals surface area (Å²) in [6, 6.07) is -1.10. The van der Waals surface area contributed by atoms with Gasteiger partial charge >= 0.3 is 0 Å². The number of likely N-dealkylation sites (tertiary alicyclic amines) is 1. The van der Waals surface area contributed by atoms with Crippen molar-refractivity contribution in [2.75, 3.05) is 20.7 Å². The Bertz CT molecular complexity index is 906. The van der Waals surface area contributed by atoms with Gasteiger partial charge in [-0.15, -0.1) is 0 Å². The van der Waals surface area contributed by atoms with Crippen LogP contribution in [0.2, 0.25) is 0 Å². The maximum absolute atomic E-state index is 10.7. The lowest BCUT2D eigenvalue weighted by molar-refractivity contribution is -0.0453. The molecule has 1 spiro atoms. The SMILES string of the molecule is [2H]c1c([2H])c2c3c(c1OC)OC1([2H])C(O)C=C[C@H]4[C@H](N(C)CC[C@@]341)C2([2H])[2H]. The van der Waals surface area contributed by atoms with Gasteiger partial charge in [0.2, 0.25) is 0 Å². The van der Waals surface area contributed by atoms with Crippen molar-refractivity contribution in [3.8, 4) is 11.5 Å². The van der Waals surface area contributed by atoms with E-state index < -0.39 is 30.0 Å². The molecule has 1 N–H and O–H groups in total. The highest BCUT2D eigenvalue weighted by atomic mass is 16.5. The number of methoxy groups -OCH3 is 1. The van der Waals surface area contributed by atoms with Gasteiger partial charge in [-0.2, -0.15) is 0 Å². The lowest BCUT2D eigenvalue weighted by Gasteiger charge is -2.56. The van der Waals surface area contributed by atoms with E-state index in [4.69, 9.17) is 16.3 Å². The number of rotatable bonds is 1. The van der Waals surface area contributed by atoms with Gasteiger partial charge in [-0.25, -0.2) is 0 Å². The van der Waals surface area contributed by atoms with Gasteiger partial charge in [0.1, 0.15) is 12.2 Å². The molecule has 2 heterocycles. The number of hydrogen-bond acceptors (Lipinski definition) is 4. The van der Waals surface area contributed by atoms with Crippen molar-refractivity contribution in [3.05, 3.63) is 35.4 Å². The van der Waals surface area contributed by atoms with Crippen LogP contribution in [0.5, 0.6) is 11.5 Å². The molecule has 2 unspecified atom stereocenters. The van der Waals surface area contributed by atoms with Gasteiger partial charge in [0.15, 0.2) is 11.5 Å². The summed E-state index contributed by atoms with van der Waals surface area (Å²) < 4.78 is 55.1. The number of nitrogens with zero attached hydrogens (tertiary/aromatic N) is 1. The molecular formula is C18H21NO3. The van der Waals surface area contributed by atoms with E-state index in [0.29, 0.717) is 18.5 Å².